The Morgan fingerprint density at radius 1 is 1.29 bits per heavy atom. The van der Waals surface area contributed by atoms with E-state index < -0.39 is 0 Å². The van der Waals surface area contributed by atoms with Gasteiger partial charge in [0.25, 0.3) is 0 Å². The van der Waals surface area contributed by atoms with Crippen LogP contribution in [0.4, 0.5) is 0 Å². The topological polar surface area (TPSA) is 22.1 Å². The lowest BCUT2D eigenvalue weighted by molar-refractivity contribution is 0.317. The van der Waals surface area contributed by atoms with E-state index in [1.807, 2.05) is 29.6 Å². The second-order valence-electron chi connectivity index (χ2n) is 3.63. The summed E-state index contributed by atoms with van der Waals surface area (Å²) in [5.41, 5.74) is 2.08. The summed E-state index contributed by atoms with van der Waals surface area (Å²) in [4.78, 5) is 4.44. The average Bonchev–Trinajstić information content (AvgIpc) is 2.86. The molecule has 0 radical (unpaired) electrons. The van der Waals surface area contributed by atoms with Gasteiger partial charge < -0.3 is 4.74 Å². The van der Waals surface area contributed by atoms with Crippen LogP contribution in [0.3, 0.4) is 0 Å². The maximum atomic E-state index is 5.74. The van der Waals surface area contributed by atoms with Gasteiger partial charge in [0.1, 0.15) is 10.8 Å². The Labute approximate surface area is 110 Å². The van der Waals surface area contributed by atoms with Gasteiger partial charge in [-0.15, -0.1) is 22.9 Å². The molecule has 2 nitrogen and oxygen atoms in total. The van der Waals surface area contributed by atoms with E-state index in [9.17, 15) is 0 Å². The summed E-state index contributed by atoms with van der Waals surface area (Å²) in [6, 6.07) is 8.01. The molecule has 0 aliphatic carbocycles. The van der Waals surface area contributed by atoms with Crippen LogP contribution in [0.2, 0.25) is 0 Å². The summed E-state index contributed by atoms with van der Waals surface area (Å²) in [5.74, 6) is 1.38. The molecule has 0 fully saturated rings. The van der Waals surface area contributed by atoms with Crippen molar-refractivity contribution in [2.75, 3.05) is 6.61 Å². The van der Waals surface area contributed by atoms with Crippen molar-refractivity contribution in [2.24, 2.45) is 0 Å². The lowest BCUT2D eigenvalue weighted by Gasteiger charge is -2.04. The molecule has 0 saturated carbocycles. The van der Waals surface area contributed by atoms with Crippen LogP contribution in [-0.4, -0.2) is 11.6 Å². The Morgan fingerprint density at radius 2 is 2.06 bits per heavy atom. The monoisotopic (exact) mass is 267 g/mol. The van der Waals surface area contributed by atoms with E-state index in [4.69, 9.17) is 16.3 Å². The fraction of sp³-hybridized carbons (Fsp3) is 0.308. The summed E-state index contributed by atoms with van der Waals surface area (Å²) < 4.78 is 5.53. The molecule has 4 heteroatoms. The molecule has 2 rings (SSSR count). The summed E-state index contributed by atoms with van der Waals surface area (Å²) in [6.07, 6.45) is 1.02. The molecule has 0 unspecified atom stereocenters. The van der Waals surface area contributed by atoms with Crippen LogP contribution in [0.25, 0.3) is 11.3 Å². The Bertz CT molecular complexity index is 467. The molecule has 0 N–H and O–H groups in total. The van der Waals surface area contributed by atoms with Crippen LogP contribution in [0.1, 0.15) is 18.4 Å². The molecule has 90 valence electrons. The molecule has 0 spiro atoms. The molecule has 0 saturated heterocycles. The van der Waals surface area contributed by atoms with Crippen molar-refractivity contribution < 1.29 is 4.74 Å². The first-order valence-corrected chi connectivity index (χ1v) is 6.98. The summed E-state index contributed by atoms with van der Waals surface area (Å²) in [6.45, 7) is 2.85. The predicted molar refractivity (Wildman–Crippen MR) is 72.9 cm³/mol. The number of rotatable bonds is 5. The van der Waals surface area contributed by atoms with Gasteiger partial charge in [0.05, 0.1) is 18.2 Å². The number of benzene rings is 1. The van der Waals surface area contributed by atoms with E-state index in [0.717, 1.165) is 35.0 Å². The first kappa shape index (κ1) is 12.4. The molecule has 0 bridgehead atoms. The van der Waals surface area contributed by atoms with Gasteiger partial charge in [0.15, 0.2) is 0 Å². The largest absolute Gasteiger partial charge is 0.494 e. The van der Waals surface area contributed by atoms with E-state index in [2.05, 4.69) is 11.9 Å². The zero-order valence-corrected chi connectivity index (χ0v) is 11.2. The molecular weight excluding hydrogens is 254 g/mol. The maximum absolute atomic E-state index is 5.74. The molecular formula is C13H14ClNOS. The van der Waals surface area contributed by atoms with Crippen LogP contribution in [0.15, 0.2) is 29.6 Å². The number of nitrogens with zero attached hydrogens (tertiary/aromatic N) is 1. The SMILES string of the molecule is CCCOc1ccc(-c2csc(CCl)n2)cc1. The van der Waals surface area contributed by atoms with E-state index in [-0.39, 0.29) is 0 Å². The number of hydrogen-bond acceptors (Lipinski definition) is 3. The van der Waals surface area contributed by atoms with Crippen molar-refractivity contribution in [2.45, 2.75) is 19.2 Å². The van der Waals surface area contributed by atoms with Crippen molar-refractivity contribution in [1.82, 2.24) is 4.98 Å². The summed E-state index contributed by atoms with van der Waals surface area (Å²) >= 11 is 7.33. The third kappa shape index (κ3) is 3.20. The zero-order valence-electron chi connectivity index (χ0n) is 9.65. The Balaban J connectivity index is 2.11. The number of thiazole rings is 1. The lowest BCUT2D eigenvalue weighted by Crippen LogP contribution is -1.94. The number of halogens is 1. The molecule has 2 aromatic rings. The van der Waals surface area contributed by atoms with E-state index in [0.29, 0.717) is 5.88 Å². The fourth-order valence-corrected chi connectivity index (χ4v) is 2.35. The Morgan fingerprint density at radius 3 is 2.65 bits per heavy atom. The van der Waals surface area contributed by atoms with Crippen molar-refractivity contribution >= 4 is 22.9 Å². The molecule has 17 heavy (non-hydrogen) atoms. The Kier molecular flexibility index (Phi) is 4.40. The second kappa shape index (κ2) is 6.03. The third-order valence-corrected chi connectivity index (χ3v) is 3.55. The minimum atomic E-state index is 0.475. The van der Waals surface area contributed by atoms with Gasteiger partial charge in [0, 0.05) is 10.9 Å². The van der Waals surface area contributed by atoms with Gasteiger partial charge in [-0.05, 0) is 30.7 Å². The normalized spacial score (nSPS) is 10.5. The molecule has 0 aliphatic heterocycles. The minimum Gasteiger partial charge on any atom is -0.494 e. The lowest BCUT2D eigenvalue weighted by atomic mass is 10.2. The van der Waals surface area contributed by atoms with E-state index in [1.165, 1.54) is 0 Å². The van der Waals surface area contributed by atoms with Crippen molar-refractivity contribution in [3.63, 3.8) is 0 Å². The van der Waals surface area contributed by atoms with Gasteiger partial charge in [-0.3, -0.25) is 0 Å². The number of alkyl halides is 1. The molecule has 0 aliphatic rings. The standard InChI is InChI=1S/C13H14ClNOS/c1-2-7-16-11-5-3-10(4-6-11)12-9-17-13(8-14)15-12/h3-6,9H,2,7-8H2,1H3. The summed E-state index contributed by atoms with van der Waals surface area (Å²) in [5, 5.41) is 2.98. The number of ether oxygens (including phenoxy) is 1. The molecule has 1 aromatic carbocycles. The van der Waals surface area contributed by atoms with Crippen molar-refractivity contribution in [3.05, 3.63) is 34.7 Å². The highest BCUT2D eigenvalue weighted by molar-refractivity contribution is 7.10. The number of aromatic nitrogens is 1. The van der Waals surface area contributed by atoms with Crippen LogP contribution in [-0.2, 0) is 5.88 Å². The van der Waals surface area contributed by atoms with Gasteiger partial charge >= 0.3 is 0 Å². The predicted octanol–water partition coefficient (Wildman–Crippen LogP) is 4.34. The first-order valence-electron chi connectivity index (χ1n) is 5.57. The van der Waals surface area contributed by atoms with Crippen LogP contribution in [0, 0.1) is 0 Å². The van der Waals surface area contributed by atoms with Crippen molar-refractivity contribution in [1.29, 1.82) is 0 Å². The van der Waals surface area contributed by atoms with Gasteiger partial charge in [-0.25, -0.2) is 4.98 Å². The molecule has 1 heterocycles. The van der Waals surface area contributed by atoms with Crippen molar-refractivity contribution in [3.8, 4) is 17.0 Å². The Hall–Kier alpha value is -1.06. The zero-order chi connectivity index (χ0) is 12.1. The van der Waals surface area contributed by atoms with Crippen LogP contribution in [0.5, 0.6) is 5.75 Å². The minimum absolute atomic E-state index is 0.475. The van der Waals surface area contributed by atoms with Gasteiger partial charge in [0.2, 0.25) is 0 Å². The molecule has 1 aromatic heterocycles. The maximum Gasteiger partial charge on any atom is 0.119 e. The number of hydrogen-bond donors (Lipinski definition) is 0. The highest BCUT2D eigenvalue weighted by Gasteiger charge is 2.03. The highest BCUT2D eigenvalue weighted by Crippen LogP contribution is 2.24. The van der Waals surface area contributed by atoms with E-state index >= 15 is 0 Å². The highest BCUT2D eigenvalue weighted by atomic mass is 35.5. The summed E-state index contributed by atoms with van der Waals surface area (Å²) in [7, 11) is 0. The average molecular weight is 268 g/mol. The second-order valence-corrected chi connectivity index (χ2v) is 4.84. The fourth-order valence-electron chi connectivity index (χ4n) is 1.45. The van der Waals surface area contributed by atoms with Gasteiger partial charge in [-0.2, -0.15) is 0 Å². The van der Waals surface area contributed by atoms with Crippen LogP contribution < -0.4 is 4.74 Å². The van der Waals surface area contributed by atoms with Gasteiger partial charge in [-0.1, -0.05) is 6.92 Å². The van der Waals surface area contributed by atoms with Crippen LogP contribution >= 0.6 is 22.9 Å². The first-order chi connectivity index (χ1) is 8.33. The van der Waals surface area contributed by atoms with E-state index in [1.54, 1.807) is 11.3 Å². The molecule has 0 atom stereocenters. The molecule has 0 amide bonds. The third-order valence-electron chi connectivity index (χ3n) is 2.29. The smallest absolute Gasteiger partial charge is 0.119 e. The quantitative estimate of drug-likeness (QED) is 0.752.